The highest BCUT2D eigenvalue weighted by Gasteiger charge is 2.25. The van der Waals surface area contributed by atoms with E-state index in [0.29, 0.717) is 6.04 Å². The van der Waals surface area contributed by atoms with E-state index in [9.17, 15) is 0 Å². The number of ether oxygens (including phenoxy) is 1. The number of aliphatic hydroxyl groups is 1. The van der Waals surface area contributed by atoms with Crippen LogP contribution in [0.5, 0.6) is 0 Å². The fourth-order valence-corrected chi connectivity index (χ4v) is 2.52. The largest absolute Gasteiger partial charge is 0.396 e. The van der Waals surface area contributed by atoms with Gasteiger partial charge in [0.1, 0.15) is 5.82 Å². The zero-order valence-corrected chi connectivity index (χ0v) is 12.9. The highest BCUT2D eigenvalue weighted by atomic mass is 16.5. The van der Waals surface area contributed by atoms with Gasteiger partial charge in [-0.2, -0.15) is 0 Å². The maximum absolute atomic E-state index is 9.05. The van der Waals surface area contributed by atoms with Crippen molar-refractivity contribution in [3.8, 4) is 0 Å². The molecule has 118 valence electrons. The summed E-state index contributed by atoms with van der Waals surface area (Å²) in [4.78, 5) is 6.96. The minimum atomic E-state index is 0.241. The molecule has 1 saturated carbocycles. The van der Waals surface area contributed by atoms with Crippen LogP contribution in [0.3, 0.4) is 0 Å². The van der Waals surface area contributed by atoms with Crippen molar-refractivity contribution in [3.63, 3.8) is 0 Å². The smallest absolute Gasteiger partial charge is 0.128 e. The number of pyridine rings is 1. The summed E-state index contributed by atoms with van der Waals surface area (Å²) >= 11 is 0. The van der Waals surface area contributed by atoms with Gasteiger partial charge in [-0.15, -0.1) is 0 Å². The first-order valence-corrected chi connectivity index (χ1v) is 7.87. The second-order valence-electron chi connectivity index (χ2n) is 5.55. The molecule has 21 heavy (non-hydrogen) atoms. The molecule has 2 rings (SSSR count). The van der Waals surface area contributed by atoms with Gasteiger partial charge in [0.15, 0.2) is 0 Å². The fraction of sp³-hybridized carbons (Fsp3) is 0.688. The van der Waals surface area contributed by atoms with Crippen molar-refractivity contribution in [2.45, 2.75) is 38.3 Å². The second-order valence-corrected chi connectivity index (χ2v) is 5.55. The van der Waals surface area contributed by atoms with Crippen molar-refractivity contribution < 1.29 is 9.84 Å². The van der Waals surface area contributed by atoms with Crippen LogP contribution in [0.2, 0.25) is 0 Å². The van der Waals surface area contributed by atoms with Crippen molar-refractivity contribution in [2.24, 2.45) is 0 Å². The molecule has 1 aromatic rings. The Morgan fingerprint density at radius 2 is 2.29 bits per heavy atom. The van der Waals surface area contributed by atoms with Crippen LogP contribution in [-0.4, -0.2) is 49.5 Å². The zero-order chi connectivity index (χ0) is 14.9. The number of aromatic nitrogens is 1. The molecule has 1 aromatic heterocycles. The number of nitrogens with one attached hydrogen (secondary N) is 1. The predicted octanol–water partition coefficient (Wildman–Crippen LogP) is 1.56. The van der Waals surface area contributed by atoms with Gasteiger partial charge in [0.2, 0.25) is 0 Å². The van der Waals surface area contributed by atoms with E-state index in [2.05, 4.69) is 27.3 Å². The molecule has 0 atom stereocenters. The third-order valence-electron chi connectivity index (χ3n) is 3.99. The summed E-state index contributed by atoms with van der Waals surface area (Å²) in [6, 6.07) is 4.84. The van der Waals surface area contributed by atoms with Crippen molar-refractivity contribution in [2.75, 3.05) is 38.3 Å². The average Bonchev–Trinajstić information content (AvgIpc) is 2.47. The molecule has 1 heterocycles. The minimum Gasteiger partial charge on any atom is -0.396 e. The summed E-state index contributed by atoms with van der Waals surface area (Å²) in [5, 5.41) is 12.4. The molecule has 5 heteroatoms. The number of methoxy groups -OCH3 is 1. The summed E-state index contributed by atoms with van der Waals surface area (Å²) in [5.74, 6) is 1.04. The van der Waals surface area contributed by atoms with Gasteiger partial charge in [-0.25, -0.2) is 4.98 Å². The molecule has 2 N–H and O–H groups in total. The molecule has 0 bridgehead atoms. The van der Waals surface area contributed by atoms with E-state index in [1.165, 1.54) is 24.8 Å². The van der Waals surface area contributed by atoms with Crippen molar-refractivity contribution in [3.05, 3.63) is 23.9 Å². The van der Waals surface area contributed by atoms with E-state index in [0.717, 1.165) is 38.5 Å². The third-order valence-corrected chi connectivity index (χ3v) is 3.99. The maximum Gasteiger partial charge on any atom is 0.128 e. The summed E-state index contributed by atoms with van der Waals surface area (Å²) in [6.07, 6.45) is 6.54. The fourth-order valence-electron chi connectivity index (χ4n) is 2.52. The highest BCUT2D eigenvalue weighted by molar-refractivity contribution is 5.41. The van der Waals surface area contributed by atoms with Crippen molar-refractivity contribution >= 4 is 5.82 Å². The van der Waals surface area contributed by atoms with Crippen LogP contribution < -0.4 is 10.2 Å². The highest BCUT2D eigenvalue weighted by Crippen LogP contribution is 2.28. The standard InChI is InChI=1S/C16H27N3O2/c1-21-11-8-17-12-14-6-7-16(18-13-14)19(9-3-10-20)15-4-2-5-15/h6-7,13,15,17,20H,2-5,8-12H2,1H3. The van der Waals surface area contributed by atoms with Crippen LogP contribution in [0.25, 0.3) is 0 Å². The van der Waals surface area contributed by atoms with Crippen LogP contribution in [0, 0.1) is 0 Å². The van der Waals surface area contributed by atoms with E-state index in [1.807, 2.05) is 6.20 Å². The Morgan fingerprint density at radius 1 is 1.43 bits per heavy atom. The van der Waals surface area contributed by atoms with Crippen LogP contribution >= 0.6 is 0 Å². The van der Waals surface area contributed by atoms with Crippen LogP contribution in [0.15, 0.2) is 18.3 Å². The van der Waals surface area contributed by atoms with Crippen LogP contribution in [0.1, 0.15) is 31.2 Å². The molecule has 0 saturated heterocycles. The van der Waals surface area contributed by atoms with Gasteiger partial charge in [0, 0.05) is 45.6 Å². The molecule has 0 aromatic carbocycles. The molecule has 5 nitrogen and oxygen atoms in total. The lowest BCUT2D eigenvalue weighted by atomic mass is 9.91. The lowest BCUT2D eigenvalue weighted by Gasteiger charge is -2.38. The second kappa shape index (κ2) is 8.97. The number of aliphatic hydroxyl groups excluding tert-OH is 1. The molecule has 0 amide bonds. The van der Waals surface area contributed by atoms with Gasteiger partial charge in [-0.3, -0.25) is 0 Å². The van der Waals surface area contributed by atoms with Gasteiger partial charge >= 0.3 is 0 Å². The first kappa shape index (κ1) is 16.2. The molecule has 1 aliphatic carbocycles. The third kappa shape index (κ3) is 4.95. The lowest BCUT2D eigenvalue weighted by molar-refractivity contribution is 0.199. The Balaban J connectivity index is 1.88. The van der Waals surface area contributed by atoms with E-state index in [4.69, 9.17) is 9.84 Å². The number of hydrogen-bond donors (Lipinski definition) is 2. The number of nitrogens with zero attached hydrogens (tertiary/aromatic N) is 2. The Hall–Kier alpha value is -1.17. The topological polar surface area (TPSA) is 57.6 Å². The molecule has 0 spiro atoms. The normalized spacial score (nSPS) is 15.0. The van der Waals surface area contributed by atoms with E-state index in [-0.39, 0.29) is 6.61 Å². The summed E-state index contributed by atoms with van der Waals surface area (Å²) in [7, 11) is 1.71. The lowest BCUT2D eigenvalue weighted by Crippen LogP contribution is -2.41. The Morgan fingerprint density at radius 3 is 2.86 bits per heavy atom. The first-order chi connectivity index (χ1) is 10.3. The molecule has 0 aliphatic heterocycles. The quantitative estimate of drug-likeness (QED) is 0.641. The van der Waals surface area contributed by atoms with Gasteiger partial charge in [0.05, 0.1) is 6.61 Å². The number of anilines is 1. The van der Waals surface area contributed by atoms with Gasteiger partial charge in [-0.1, -0.05) is 6.07 Å². The predicted molar refractivity (Wildman–Crippen MR) is 84.5 cm³/mol. The average molecular weight is 293 g/mol. The van der Waals surface area contributed by atoms with Crippen LogP contribution in [-0.2, 0) is 11.3 Å². The van der Waals surface area contributed by atoms with Crippen molar-refractivity contribution in [1.29, 1.82) is 0 Å². The van der Waals surface area contributed by atoms with E-state index >= 15 is 0 Å². The molecule has 1 fully saturated rings. The van der Waals surface area contributed by atoms with Gasteiger partial charge < -0.3 is 20.1 Å². The molecular formula is C16H27N3O2. The first-order valence-electron chi connectivity index (χ1n) is 7.87. The Kier molecular flexibility index (Phi) is 6.92. The summed E-state index contributed by atoms with van der Waals surface area (Å²) in [6.45, 7) is 3.52. The molecule has 0 unspecified atom stereocenters. The van der Waals surface area contributed by atoms with Crippen molar-refractivity contribution in [1.82, 2.24) is 10.3 Å². The van der Waals surface area contributed by atoms with Gasteiger partial charge in [0.25, 0.3) is 0 Å². The Labute approximate surface area is 127 Å². The number of rotatable bonds is 10. The summed E-state index contributed by atoms with van der Waals surface area (Å²) in [5.41, 5.74) is 1.19. The monoisotopic (exact) mass is 293 g/mol. The van der Waals surface area contributed by atoms with E-state index < -0.39 is 0 Å². The molecular weight excluding hydrogens is 266 g/mol. The van der Waals surface area contributed by atoms with E-state index in [1.54, 1.807) is 7.11 Å². The Bertz CT molecular complexity index is 393. The zero-order valence-electron chi connectivity index (χ0n) is 12.9. The minimum absolute atomic E-state index is 0.241. The summed E-state index contributed by atoms with van der Waals surface area (Å²) < 4.78 is 5.01. The molecule has 0 radical (unpaired) electrons. The number of hydrogen-bond acceptors (Lipinski definition) is 5. The molecule has 1 aliphatic rings. The SMILES string of the molecule is COCCNCc1ccc(N(CCCO)C2CCC2)nc1. The van der Waals surface area contributed by atoms with Crippen LogP contribution in [0.4, 0.5) is 5.82 Å². The maximum atomic E-state index is 9.05. The van der Waals surface area contributed by atoms with Gasteiger partial charge in [-0.05, 0) is 37.3 Å².